The number of rotatable bonds is 0. The lowest BCUT2D eigenvalue weighted by Gasteiger charge is -2.23. The topological polar surface area (TPSA) is 21.6 Å². The van der Waals surface area contributed by atoms with E-state index < -0.39 is 0 Å². The SMILES string of the molecule is CC1(C)CN=COC1. The van der Waals surface area contributed by atoms with Gasteiger partial charge in [-0.2, -0.15) is 0 Å². The average molecular weight is 113 g/mol. The molecular weight excluding hydrogens is 102 g/mol. The molecule has 2 nitrogen and oxygen atoms in total. The summed E-state index contributed by atoms with van der Waals surface area (Å²) in [5.74, 6) is 0. The second-order valence-electron chi connectivity index (χ2n) is 2.92. The second kappa shape index (κ2) is 1.77. The molecule has 8 heavy (non-hydrogen) atoms. The Morgan fingerprint density at radius 3 is 2.62 bits per heavy atom. The first-order chi connectivity index (χ1) is 3.71. The van der Waals surface area contributed by atoms with Crippen LogP contribution in [0, 0.1) is 5.41 Å². The van der Waals surface area contributed by atoms with Crippen molar-refractivity contribution in [3.63, 3.8) is 0 Å². The molecule has 0 bridgehead atoms. The molecule has 0 radical (unpaired) electrons. The van der Waals surface area contributed by atoms with Gasteiger partial charge in [0.05, 0.1) is 13.2 Å². The molecule has 0 aromatic rings. The standard InChI is InChI=1S/C6H11NO/c1-6(2)3-7-5-8-4-6/h5H,3-4H2,1-2H3. The minimum atomic E-state index is 0.259. The summed E-state index contributed by atoms with van der Waals surface area (Å²) >= 11 is 0. The highest BCUT2D eigenvalue weighted by atomic mass is 16.5. The predicted octanol–water partition coefficient (Wildman–Crippen LogP) is 1.07. The molecule has 0 saturated heterocycles. The summed E-state index contributed by atoms with van der Waals surface area (Å²) in [4.78, 5) is 3.98. The molecule has 0 fully saturated rings. The molecule has 0 aromatic carbocycles. The summed E-state index contributed by atoms with van der Waals surface area (Å²) < 4.78 is 4.99. The Bertz CT molecular complexity index is 107. The zero-order valence-corrected chi connectivity index (χ0v) is 5.35. The van der Waals surface area contributed by atoms with Crippen LogP contribution in [-0.4, -0.2) is 19.6 Å². The number of nitrogens with zero attached hydrogens (tertiary/aromatic N) is 1. The highest BCUT2D eigenvalue weighted by Crippen LogP contribution is 2.17. The van der Waals surface area contributed by atoms with E-state index in [0.29, 0.717) is 0 Å². The molecule has 46 valence electrons. The third-order valence-corrected chi connectivity index (χ3v) is 1.14. The molecule has 1 aliphatic rings. The fourth-order valence-electron chi connectivity index (χ4n) is 0.646. The van der Waals surface area contributed by atoms with Gasteiger partial charge in [-0.25, -0.2) is 0 Å². The normalized spacial score (nSPS) is 24.8. The third kappa shape index (κ3) is 1.22. The van der Waals surface area contributed by atoms with Crippen molar-refractivity contribution in [3.8, 4) is 0 Å². The van der Waals surface area contributed by atoms with Gasteiger partial charge in [-0.05, 0) is 0 Å². The van der Waals surface area contributed by atoms with Crippen molar-refractivity contribution in [2.75, 3.05) is 13.2 Å². The van der Waals surface area contributed by atoms with Crippen molar-refractivity contribution in [2.24, 2.45) is 10.4 Å². The monoisotopic (exact) mass is 113 g/mol. The molecule has 0 atom stereocenters. The largest absolute Gasteiger partial charge is 0.483 e. The lowest BCUT2D eigenvalue weighted by atomic mass is 9.95. The zero-order chi connectivity index (χ0) is 6.04. The average Bonchev–Trinajstić information content (AvgIpc) is 1.65. The van der Waals surface area contributed by atoms with Gasteiger partial charge in [-0.1, -0.05) is 13.8 Å². The van der Waals surface area contributed by atoms with Crippen molar-refractivity contribution < 1.29 is 4.74 Å². The van der Waals surface area contributed by atoms with Crippen LogP contribution in [0.25, 0.3) is 0 Å². The van der Waals surface area contributed by atoms with Gasteiger partial charge in [0, 0.05) is 5.41 Å². The number of hydrogen-bond acceptors (Lipinski definition) is 2. The number of ether oxygens (including phenoxy) is 1. The van der Waals surface area contributed by atoms with Crippen LogP contribution in [0.5, 0.6) is 0 Å². The van der Waals surface area contributed by atoms with Crippen LogP contribution < -0.4 is 0 Å². The minimum Gasteiger partial charge on any atom is -0.483 e. The van der Waals surface area contributed by atoms with Gasteiger partial charge in [0.15, 0.2) is 6.40 Å². The highest BCUT2D eigenvalue weighted by molar-refractivity contribution is 5.47. The third-order valence-electron chi connectivity index (χ3n) is 1.14. The van der Waals surface area contributed by atoms with Crippen LogP contribution in [0.3, 0.4) is 0 Å². The van der Waals surface area contributed by atoms with Crippen molar-refractivity contribution >= 4 is 6.40 Å². The number of hydrogen-bond donors (Lipinski definition) is 0. The Kier molecular flexibility index (Phi) is 1.24. The van der Waals surface area contributed by atoms with Crippen LogP contribution in [0.2, 0.25) is 0 Å². The van der Waals surface area contributed by atoms with Crippen LogP contribution in [0.1, 0.15) is 13.8 Å². The Labute approximate surface area is 49.6 Å². The summed E-state index contributed by atoms with van der Waals surface area (Å²) in [6, 6.07) is 0. The zero-order valence-electron chi connectivity index (χ0n) is 5.35. The Hall–Kier alpha value is -0.530. The van der Waals surface area contributed by atoms with Gasteiger partial charge in [-0.15, -0.1) is 0 Å². The maximum absolute atomic E-state index is 4.99. The molecule has 0 amide bonds. The summed E-state index contributed by atoms with van der Waals surface area (Å²) in [5.41, 5.74) is 0.259. The first kappa shape index (κ1) is 5.60. The van der Waals surface area contributed by atoms with Gasteiger partial charge in [0.1, 0.15) is 0 Å². The van der Waals surface area contributed by atoms with E-state index in [9.17, 15) is 0 Å². The molecule has 1 heterocycles. The molecule has 0 aliphatic carbocycles. The van der Waals surface area contributed by atoms with E-state index in [2.05, 4.69) is 18.8 Å². The van der Waals surface area contributed by atoms with E-state index >= 15 is 0 Å². The molecule has 1 aliphatic heterocycles. The van der Waals surface area contributed by atoms with Crippen molar-refractivity contribution in [2.45, 2.75) is 13.8 Å². The predicted molar refractivity (Wildman–Crippen MR) is 33.1 cm³/mol. The van der Waals surface area contributed by atoms with Crippen LogP contribution in [-0.2, 0) is 4.74 Å². The smallest absolute Gasteiger partial charge is 0.169 e. The van der Waals surface area contributed by atoms with E-state index in [1.165, 1.54) is 6.40 Å². The van der Waals surface area contributed by atoms with Crippen molar-refractivity contribution in [3.05, 3.63) is 0 Å². The number of aliphatic imine (C=N–C) groups is 1. The second-order valence-corrected chi connectivity index (χ2v) is 2.92. The summed E-state index contributed by atoms with van der Waals surface area (Å²) in [7, 11) is 0. The molecule has 0 aromatic heterocycles. The Morgan fingerprint density at radius 1 is 1.62 bits per heavy atom. The molecule has 2 heteroatoms. The van der Waals surface area contributed by atoms with E-state index in [1.54, 1.807) is 0 Å². The summed E-state index contributed by atoms with van der Waals surface area (Å²) in [5, 5.41) is 0. The summed E-state index contributed by atoms with van der Waals surface area (Å²) in [6.07, 6.45) is 1.53. The quantitative estimate of drug-likeness (QED) is 0.460. The molecular formula is C6H11NO. The summed E-state index contributed by atoms with van der Waals surface area (Å²) in [6.45, 7) is 5.98. The fourth-order valence-corrected chi connectivity index (χ4v) is 0.646. The first-order valence-electron chi connectivity index (χ1n) is 2.81. The van der Waals surface area contributed by atoms with Crippen molar-refractivity contribution in [1.29, 1.82) is 0 Å². The van der Waals surface area contributed by atoms with Crippen LogP contribution in [0.15, 0.2) is 4.99 Å². The maximum atomic E-state index is 4.99. The lowest BCUT2D eigenvalue weighted by molar-refractivity contribution is 0.166. The van der Waals surface area contributed by atoms with E-state index in [-0.39, 0.29) is 5.41 Å². The van der Waals surface area contributed by atoms with Gasteiger partial charge < -0.3 is 4.74 Å². The highest BCUT2D eigenvalue weighted by Gasteiger charge is 2.19. The maximum Gasteiger partial charge on any atom is 0.169 e. The van der Waals surface area contributed by atoms with Crippen LogP contribution >= 0.6 is 0 Å². The van der Waals surface area contributed by atoms with E-state index in [0.717, 1.165) is 13.2 Å². The Balaban J connectivity index is 2.50. The molecule has 1 rings (SSSR count). The first-order valence-corrected chi connectivity index (χ1v) is 2.81. The molecule has 0 N–H and O–H groups in total. The van der Waals surface area contributed by atoms with Crippen LogP contribution in [0.4, 0.5) is 0 Å². The molecule has 0 unspecified atom stereocenters. The fraction of sp³-hybridized carbons (Fsp3) is 0.833. The van der Waals surface area contributed by atoms with Gasteiger partial charge in [0.2, 0.25) is 0 Å². The van der Waals surface area contributed by atoms with Gasteiger partial charge in [-0.3, -0.25) is 4.99 Å². The Morgan fingerprint density at radius 2 is 2.38 bits per heavy atom. The van der Waals surface area contributed by atoms with E-state index in [4.69, 9.17) is 4.74 Å². The van der Waals surface area contributed by atoms with E-state index in [1.807, 2.05) is 0 Å². The molecule has 0 saturated carbocycles. The minimum absolute atomic E-state index is 0.259. The lowest BCUT2D eigenvalue weighted by Crippen LogP contribution is -2.26. The van der Waals surface area contributed by atoms with Crippen molar-refractivity contribution in [1.82, 2.24) is 0 Å². The van der Waals surface area contributed by atoms with Gasteiger partial charge in [0.25, 0.3) is 0 Å². The molecule has 0 spiro atoms. The van der Waals surface area contributed by atoms with Gasteiger partial charge >= 0.3 is 0 Å².